The number of H-pyrrole nitrogens is 1. The third kappa shape index (κ3) is 5.94. The summed E-state index contributed by atoms with van der Waals surface area (Å²) >= 11 is 13.1. The molecule has 0 atom stereocenters. The lowest BCUT2D eigenvalue weighted by Gasteiger charge is -2.15. The van der Waals surface area contributed by atoms with Gasteiger partial charge in [0, 0.05) is 10.6 Å². The van der Waals surface area contributed by atoms with Crippen molar-refractivity contribution in [3.63, 3.8) is 0 Å². The van der Waals surface area contributed by atoms with Crippen molar-refractivity contribution in [2.45, 2.75) is 25.1 Å². The van der Waals surface area contributed by atoms with Gasteiger partial charge < -0.3 is 14.6 Å². The first kappa shape index (κ1) is 23.0. The Morgan fingerprint density at radius 2 is 1.94 bits per heavy atom. The van der Waals surface area contributed by atoms with Crippen molar-refractivity contribution in [1.29, 1.82) is 0 Å². The lowest BCUT2D eigenvalue weighted by molar-refractivity contribution is -0.131. The number of rotatable bonds is 8. The van der Waals surface area contributed by atoms with Crippen molar-refractivity contribution >= 4 is 47.0 Å². The first-order chi connectivity index (χ1) is 14.8. The normalized spacial score (nSPS) is 11.6. The van der Waals surface area contributed by atoms with E-state index < -0.39 is 5.97 Å². The highest BCUT2D eigenvalue weighted by atomic mass is 35.5. The Morgan fingerprint density at radius 1 is 1.23 bits per heavy atom. The third-order valence-electron chi connectivity index (χ3n) is 3.90. The quantitative estimate of drug-likeness (QED) is 0.311. The molecule has 2 N–H and O–H groups in total. The molecule has 0 aliphatic carbocycles. The van der Waals surface area contributed by atoms with Crippen LogP contribution in [0.1, 0.15) is 19.4 Å². The number of aromatic nitrogens is 3. The van der Waals surface area contributed by atoms with Crippen molar-refractivity contribution in [2.75, 3.05) is 7.11 Å². The average molecular weight is 480 g/mol. The number of benzene rings is 2. The molecule has 0 spiro atoms. The molecule has 162 valence electrons. The summed E-state index contributed by atoms with van der Waals surface area (Å²) in [5, 5.41) is 17.7. The highest BCUT2D eigenvalue weighted by molar-refractivity contribution is 8.04. The second-order valence-electron chi connectivity index (χ2n) is 6.59. The third-order valence-corrected chi connectivity index (χ3v) is 5.31. The zero-order valence-electron chi connectivity index (χ0n) is 16.8. The van der Waals surface area contributed by atoms with E-state index in [0.29, 0.717) is 32.9 Å². The molecule has 31 heavy (non-hydrogen) atoms. The van der Waals surface area contributed by atoms with Gasteiger partial charge in [0.1, 0.15) is 4.91 Å². The summed E-state index contributed by atoms with van der Waals surface area (Å²) in [6, 6.07) is 10.3. The van der Waals surface area contributed by atoms with Crippen LogP contribution in [0.5, 0.6) is 11.5 Å². The number of carbonyl (C=O) groups is 1. The molecular weight excluding hydrogens is 461 g/mol. The van der Waals surface area contributed by atoms with Gasteiger partial charge in [-0.3, -0.25) is 5.10 Å². The molecule has 0 amide bonds. The summed E-state index contributed by atoms with van der Waals surface area (Å²) in [6.07, 6.45) is 1.37. The Bertz CT molecular complexity index is 1110. The minimum Gasteiger partial charge on any atom is -0.493 e. The number of carboxylic acids is 1. The van der Waals surface area contributed by atoms with Gasteiger partial charge >= 0.3 is 5.97 Å². The van der Waals surface area contributed by atoms with E-state index in [1.54, 1.807) is 36.4 Å². The molecule has 0 aliphatic rings. The molecule has 0 radical (unpaired) electrons. The van der Waals surface area contributed by atoms with Crippen LogP contribution in [0.3, 0.4) is 0 Å². The topological polar surface area (TPSA) is 97.3 Å². The fourth-order valence-corrected chi connectivity index (χ4v) is 3.68. The van der Waals surface area contributed by atoms with E-state index in [1.165, 1.54) is 13.2 Å². The highest BCUT2D eigenvalue weighted by Crippen LogP contribution is 2.38. The highest BCUT2D eigenvalue weighted by Gasteiger charge is 2.17. The monoisotopic (exact) mass is 479 g/mol. The number of carboxylic acid groups (broad SMARTS) is 1. The lowest BCUT2D eigenvalue weighted by atomic mass is 10.2. The maximum absolute atomic E-state index is 11.8. The maximum Gasteiger partial charge on any atom is 0.342 e. The molecule has 0 fully saturated rings. The largest absolute Gasteiger partial charge is 0.493 e. The number of methoxy groups -OCH3 is 1. The van der Waals surface area contributed by atoms with Gasteiger partial charge in [0.05, 0.1) is 18.2 Å². The molecule has 0 aliphatic heterocycles. The fourth-order valence-electron chi connectivity index (χ4n) is 2.59. The van der Waals surface area contributed by atoms with E-state index >= 15 is 0 Å². The van der Waals surface area contributed by atoms with Crippen LogP contribution in [0.4, 0.5) is 0 Å². The van der Waals surface area contributed by atoms with E-state index in [4.69, 9.17) is 32.7 Å². The van der Waals surface area contributed by atoms with Gasteiger partial charge in [0.25, 0.3) is 0 Å². The molecule has 0 saturated carbocycles. The van der Waals surface area contributed by atoms with Crippen LogP contribution in [0.15, 0.2) is 46.5 Å². The molecule has 0 saturated heterocycles. The molecule has 7 nitrogen and oxygen atoms in total. The first-order valence-electron chi connectivity index (χ1n) is 9.12. The Kier molecular flexibility index (Phi) is 7.48. The van der Waals surface area contributed by atoms with E-state index in [-0.39, 0.29) is 16.2 Å². The van der Waals surface area contributed by atoms with Crippen molar-refractivity contribution in [3.8, 4) is 22.9 Å². The van der Waals surface area contributed by atoms with E-state index in [9.17, 15) is 9.90 Å². The molecule has 10 heteroatoms. The van der Waals surface area contributed by atoms with Gasteiger partial charge in [-0.15, -0.1) is 5.10 Å². The van der Waals surface area contributed by atoms with Crippen LogP contribution < -0.4 is 9.47 Å². The summed E-state index contributed by atoms with van der Waals surface area (Å²) < 4.78 is 11.0. The van der Waals surface area contributed by atoms with E-state index in [1.807, 2.05) is 13.8 Å². The van der Waals surface area contributed by atoms with Crippen molar-refractivity contribution in [2.24, 2.45) is 0 Å². The van der Waals surface area contributed by atoms with Gasteiger partial charge in [0.2, 0.25) is 5.16 Å². The molecule has 3 rings (SSSR count). The molecule has 1 heterocycles. The van der Waals surface area contributed by atoms with Gasteiger partial charge in [-0.25, -0.2) is 9.78 Å². The predicted octanol–water partition coefficient (Wildman–Crippen LogP) is 5.79. The van der Waals surface area contributed by atoms with Crippen LogP contribution in [0.25, 0.3) is 17.5 Å². The van der Waals surface area contributed by atoms with Crippen molar-refractivity contribution in [1.82, 2.24) is 15.2 Å². The maximum atomic E-state index is 11.8. The summed E-state index contributed by atoms with van der Waals surface area (Å²) in [6.45, 7) is 3.75. The number of aromatic amines is 1. The Balaban J connectivity index is 1.88. The van der Waals surface area contributed by atoms with Crippen LogP contribution in [0.2, 0.25) is 10.0 Å². The lowest BCUT2D eigenvalue weighted by Crippen LogP contribution is -2.07. The van der Waals surface area contributed by atoms with Gasteiger partial charge in [-0.05, 0) is 73.6 Å². The van der Waals surface area contributed by atoms with Crippen LogP contribution >= 0.6 is 35.0 Å². The summed E-state index contributed by atoms with van der Waals surface area (Å²) in [4.78, 5) is 16.2. The number of nitrogens with zero attached hydrogens (tertiary/aromatic N) is 2. The Labute approximate surface area is 193 Å². The molecule has 0 unspecified atom stereocenters. The van der Waals surface area contributed by atoms with Crippen LogP contribution in [0, 0.1) is 0 Å². The smallest absolute Gasteiger partial charge is 0.342 e. The minimum atomic E-state index is -1.12. The Hall–Kier alpha value is -2.68. The average Bonchev–Trinajstić information content (AvgIpc) is 3.18. The number of ether oxygens (including phenoxy) is 2. The zero-order chi connectivity index (χ0) is 22.5. The van der Waals surface area contributed by atoms with Gasteiger partial charge in [0.15, 0.2) is 17.3 Å². The predicted molar refractivity (Wildman–Crippen MR) is 122 cm³/mol. The number of halogens is 2. The van der Waals surface area contributed by atoms with Gasteiger partial charge in [-0.1, -0.05) is 23.2 Å². The number of thioether (sulfide) groups is 1. The van der Waals surface area contributed by atoms with Crippen molar-refractivity contribution in [3.05, 3.63) is 56.9 Å². The number of aliphatic carboxylic acids is 1. The summed E-state index contributed by atoms with van der Waals surface area (Å²) in [5.41, 5.74) is 1.32. The summed E-state index contributed by atoms with van der Waals surface area (Å²) in [5.74, 6) is 0.191. The van der Waals surface area contributed by atoms with Crippen molar-refractivity contribution < 1.29 is 19.4 Å². The second-order valence-corrected chi connectivity index (χ2v) is 8.44. The fraction of sp³-hybridized carbons (Fsp3) is 0.190. The van der Waals surface area contributed by atoms with E-state index in [2.05, 4.69) is 15.2 Å². The van der Waals surface area contributed by atoms with E-state index in [0.717, 1.165) is 17.3 Å². The molecule has 0 bridgehead atoms. The molecule has 3 aromatic rings. The second kappa shape index (κ2) is 10.1. The minimum absolute atomic E-state index is 0.0114. The first-order valence-corrected chi connectivity index (χ1v) is 10.7. The SMILES string of the molecule is COc1cc(/C=C(\Sc2n[nH]c(-c3ccc(Cl)cc3)n2)C(=O)O)cc(Cl)c1OC(C)C. The van der Waals surface area contributed by atoms with Crippen LogP contribution in [-0.2, 0) is 4.79 Å². The van der Waals surface area contributed by atoms with Crippen LogP contribution in [-0.4, -0.2) is 39.5 Å². The molecule has 1 aromatic heterocycles. The number of hydrogen-bond donors (Lipinski definition) is 2. The van der Waals surface area contributed by atoms with Gasteiger partial charge in [-0.2, -0.15) is 0 Å². The number of hydrogen-bond acceptors (Lipinski definition) is 6. The number of nitrogens with one attached hydrogen (secondary N) is 1. The summed E-state index contributed by atoms with van der Waals surface area (Å²) in [7, 11) is 1.49. The molecular formula is C21H19Cl2N3O4S. The standard InChI is InChI=1S/C21H19Cl2N3O4S/c1-11(2)30-18-15(23)8-12(9-16(18)29-3)10-17(20(27)28)31-21-24-19(25-26-21)13-4-6-14(22)7-5-13/h4-11H,1-3H3,(H,27,28)(H,24,25,26)/b17-10-. The molecule has 2 aromatic carbocycles. The zero-order valence-corrected chi connectivity index (χ0v) is 19.2. The Morgan fingerprint density at radius 3 is 2.55 bits per heavy atom.